The highest BCUT2D eigenvalue weighted by Gasteiger charge is 2.19. The second-order valence-corrected chi connectivity index (χ2v) is 4.02. The Morgan fingerprint density at radius 1 is 1.38 bits per heavy atom. The molecule has 0 bridgehead atoms. The monoisotopic (exact) mass is 216 g/mol. The molecule has 16 heavy (non-hydrogen) atoms. The Bertz CT molecular complexity index is 430. The lowest BCUT2D eigenvalue weighted by Crippen LogP contribution is -2.42. The van der Waals surface area contributed by atoms with Gasteiger partial charge in [-0.2, -0.15) is 0 Å². The van der Waals surface area contributed by atoms with E-state index in [-0.39, 0.29) is 5.91 Å². The molecule has 0 spiro atoms. The second kappa shape index (κ2) is 4.71. The highest BCUT2D eigenvalue weighted by atomic mass is 16.1. The molecule has 0 aliphatic rings. The lowest BCUT2D eigenvalue weighted by Gasteiger charge is -2.20. The number of para-hydroxylation sites is 1. The fraction of sp³-hybridized carbons (Fsp3) is 0.308. The number of carbonyl (C=O) groups is 1. The van der Waals surface area contributed by atoms with Crippen molar-refractivity contribution in [2.75, 3.05) is 12.4 Å². The van der Waals surface area contributed by atoms with Crippen LogP contribution < -0.4 is 10.6 Å². The van der Waals surface area contributed by atoms with Gasteiger partial charge in [0.05, 0.1) is 11.1 Å². The standard InChI is InChI=1S/C13H16N2O/c1-5-13(2,3)15-12(16)10-8-6-7-9-11(10)14-4/h1,6-9,14H,2-4H3,(H,15,16). The van der Waals surface area contributed by atoms with E-state index in [2.05, 4.69) is 16.6 Å². The van der Waals surface area contributed by atoms with Crippen molar-refractivity contribution in [1.29, 1.82) is 0 Å². The zero-order valence-electron chi connectivity index (χ0n) is 9.79. The predicted octanol–water partition coefficient (Wildman–Crippen LogP) is 1.87. The first kappa shape index (κ1) is 12.1. The van der Waals surface area contributed by atoms with Crippen molar-refractivity contribution < 1.29 is 4.79 Å². The summed E-state index contributed by atoms with van der Waals surface area (Å²) in [6, 6.07) is 7.29. The molecule has 1 aromatic rings. The molecule has 0 saturated carbocycles. The maximum atomic E-state index is 12.0. The van der Waals surface area contributed by atoms with Crippen molar-refractivity contribution in [3.63, 3.8) is 0 Å². The van der Waals surface area contributed by atoms with E-state index in [0.717, 1.165) is 5.69 Å². The van der Waals surface area contributed by atoms with Crippen molar-refractivity contribution in [2.24, 2.45) is 0 Å². The molecule has 2 N–H and O–H groups in total. The highest BCUT2D eigenvalue weighted by Crippen LogP contribution is 2.15. The normalized spacial score (nSPS) is 10.4. The minimum absolute atomic E-state index is 0.173. The van der Waals surface area contributed by atoms with E-state index in [4.69, 9.17) is 6.42 Å². The van der Waals surface area contributed by atoms with Gasteiger partial charge in [-0.1, -0.05) is 18.1 Å². The van der Waals surface area contributed by atoms with E-state index >= 15 is 0 Å². The van der Waals surface area contributed by atoms with Crippen LogP contribution in [0, 0.1) is 12.3 Å². The molecule has 0 aliphatic heterocycles. The minimum atomic E-state index is -0.641. The van der Waals surface area contributed by atoms with Crippen LogP contribution in [-0.2, 0) is 0 Å². The Hall–Kier alpha value is -1.95. The van der Waals surface area contributed by atoms with Crippen LogP contribution in [0.25, 0.3) is 0 Å². The van der Waals surface area contributed by atoms with Crippen LogP contribution in [0.15, 0.2) is 24.3 Å². The van der Waals surface area contributed by atoms with Gasteiger partial charge in [-0.15, -0.1) is 6.42 Å². The molecule has 1 rings (SSSR count). The maximum Gasteiger partial charge on any atom is 0.254 e. The number of hydrogen-bond acceptors (Lipinski definition) is 2. The summed E-state index contributed by atoms with van der Waals surface area (Å²) >= 11 is 0. The molecular formula is C13H16N2O. The quantitative estimate of drug-likeness (QED) is 0.757. The fourth-order valence-electron chi connectivity index (χ4n) is 1.29. The third kappa shape index (κ3) is 2.77. The van der Waals surface area contributed by atoms with Gasteiger partial charge in [0.2, 0.25) is 0 Å². The third-order valence-corrected chi connectivity index (χ3v) is 2.23. The molecule has 0 radical (unpaired) electrons. The van der Waals surface area contributed by atoms with Crippen molar-refractivity contribution >= 4 is 11.6 Å². The van der Waals surface area contributed by atoms with E-state index < -0.39 is 5.54 Å². The molecule has 0 aliphatic carbocycles. The van der Waals surface area contributed by atoms with Crippen LogP contribution in [-0.4, -0.2) is 18.5 Å². The summed E-state index contributed by atoms with van der Waals surface area (Å²) in [6.07, 6.45) is 5.32. The Morgan fingerprint density at radius 3 is 2.56 bits per heavy atom. The average Bonchev–Trinajstić information content (AvgIpc) is 2.28. The number of benzene rings is 1. The second-order valence-electron chi connectivity index (χ2n) is 4.02. The first-order valence-electron chi connectivity index (χ1n) is 5.07. The summed E-state index contributed by atoms with van der Waals surface area (Å²) in [5.41, 5.74) is 0.735. The lowest BCUT2D eigenvalue weighted by molar-refractivity contribution is 0.0930. The first-order valence-corrected chi connectivity index (χ1v) is 5.07. The van der Waals surface area contributed by atoms with Gasteiger partial charge in [-0.3, -0.25) is 4.79 Å². The van der Waals surface area contributed by atoms with Crippen LogP contribution in [0.4, 0.5) is 5.69 Å². The summed E-state index contributed by atoms with van der Waals surface area (Å²) in [5, 5.41) is 5.75. The van der Waals surface area contributed by atoms with Gasteiger partial charge in [-0.05, 0) is 26.0 Å². The van der Waals surface area contributed by atoms with Crippen LogP contribution >= 0.6 is 0 Å². The average molecular weight is 216 g/mol. The van der Waals surface area contributed by atoms with Gasteiger partial charge in [0, 0.05) is 12.7 Å². The number of hydrogen-bond donors (Lipinski definition) is 2. The topological polar surface area (TPSA) is 41.1 Å². The van der Waals surface area contributed by atoms with Crippen molar-refractivity contribution in [1.82, 2.24) is 5.32 Å². The molecule has 0 aromatic heterocycles. The molecule has 3 heteroatoms. The van der Waals surface area contributed by atoms with E-state index in [9.17, 15) is 4.79 Å². The summed E-state index contributed by atoms with van der Waals surface area (Å²) < 4.78 is 0. The summed E-state index contributed by atoms with van der Waals surface area (Å²) in [4.78, 5) is 12.0. The fourth-order valence-corrected chi connectivity index (χ4v) is 1.29. The maximum absolute atomic E-state index is 12.0. The molecule has 84 valence electrons. The summed E-state index contributed by atoms with van der Waals surface area (Å²) in [6.45, 7) is 3.57. The Labute approximate surface area is 96.2 Å². The van der Waals surface area contributed by atoms with Crippen LogP contribution in [0.5, 0.6) is 0 Å². The number of terminal acetylenes is 1. The van der Waals surface area contributed by atoms with Gasteiger partial charge in [-0.25, -0.2) is 0 Å². The van der Waals surface area contributed by atoms with Crippen LogP contribution in [0.2, 0.25) is 0 Å². The van der Waals surface area contributed by atoms with Gasteiger partial charge in [0.1, 0.15) is 0 Å². The van der Waals surface area contributed by atoms with Crippen LogP contribution in [0.1, 0.15) is 24.2 Å². The van der Waals surface area contributed by atoms with Gasteiger partial charge >= 0.3 is 0 Å². The summed E-state index contributed by atoms with van der Waals surface area (Å²) in [7, 11) is 1.78. The van der Waals surface area contributed by atoms with Crippen LogP contribution in [0.3, 0.4) is 0 Å². The van der Waals surface area contributed by atoms with Crippen molar-refractivity contribution in [3.05, 3.63) is 29.8 Å². The van der Waals surface area contributed by atoms with Crippen molar-refractivity contribution in [3.8, 4) is 12.3 Å². The number of rotatable bonds is 3. The number of carbonyl (C=O) groups excluding carboxylic acids is 1. The molecule has 0 unspecified atom stereocenters. The Balaban J connectivity index is 2.94. The van der Waals surface area contributed by atoms with E-state index in [1.807, 2.05) is 18.2 Å². The van der Waals surface area contributed by atoms with E-state index in [1.54, 1.807) is 27.0 Å². The lowest BCUT2D eigenvalue weighted by atomic mass is 10.1. The van der Waals surface area contributed by atoms with E-state index in [1.165, 1.54) is 0 Å². The van der Waals surface area contributed by atoms with Gasteiger partial charge in [0.15, 0.2) is 0 Å². The van der Waals surface area contributed by atoms with E-state index in [0.29, 0.717) is 5.56 Å². The molecule has 0 fully saturated rings. The predicted molar refractivity (Wildman–Crippen MR) is 66.4 cm³/mol. The molecule has 1 aromatic carbocycles. The number of nitrogens with one attached hydrogen (secondary N) is 2. The molecule has 0 atom stereocenters. The third-order valence-electron chi connectivity index (χ3n) is 2.23. The molecule has 0 saturated heterocycles. The molecule has 3 nitrogen and oxygen atoms in total. The zero-order chi connectivity index (χ0) is 12.2. The van der Waals surface area contributed by atoms with Crippen molar-refractivity contribution in [2.45, 2.75) is 19.4 Å². The number of anilines is 1. The zero-order valence-corrected chi connectivity index (χ0v) is 9.79. The largest absolute Gasteiger partial charge is 0.387 e. The number of amides is 1. The molecule has 0 heterocycles. The smallest absolute Gasteiger partial charge is 0.254 e. The molecule has 1 amide bonds. The summed E-state index contributed by atoms with van der Waals surface area (Å²) in [5.74, 6) is 2.35. The SMILES string of the molecule is C#CC(C)(C)NC(=O)c1ccccc1NC. The minimum Gasteiger partial charge on any atom is -0.387 e. The highest BCUT2D eigenvalue weighted by molar-refractivity contribution is 6.00. The first-order chi connectivity index (χ1) is 7.50. The molecular weight excluding hydrogens is 200 g/mol. The van der Waals surface area contributed by atoms with Gasteiger partial charge < -0.3 is 10.6 Å². The van der Waals surface area contributed by atoms with Gasteiger partial charge in [0.25, 0.3) is 5.91 Å². The Morgan fingerprint density at radius 2 is 2.00 bits per heavy atom. The Kier molecular flexibility index (Phi) is 3.57.